The maximum absolute atomic E-state index is 13.4. The van der Waals surface area contributed by atoms with Crippen LogP contribution in [0.1, 0.15) is 12.1 Å². The molecule has 2 rings (SSSR count). The molecule has 0 bridgehead atoms. The third-order valence-corrected chi connectivity index (χ3v) is 4.07. The SMILES string of the molecule is C=C/C=C(\C=C)c1ccnc(NC(=C)CCNC(=O)COc2ccc(Cl)c(F)c2)n1. The molecule has 1 amide bonds. The summed E-state index contributed by atoms with van der Waals surface area (Å²) in [5.74, 6) is -0.349. The monoisotopic (exact) mass is 428 g/mol. The van der Waals surface area contributed by atoms with Gasteiger partial charge in [-0.15, -0.1) is 0 Å². The Bertz CT molecular complexity index is 975. The molecule has 0 aliphatic rings. The molecular weight excluding hydrogens is 407 g/mol. The lowest BCUT2D eigenvalue weighted by atomic mass is 10.1. The van der Waals surface area contributed by atoms with Gasteiger partial charge in [-0.05, 0) is 23.8 Å². The average molecular weight is 429 g/mol. The lowest BCUT2D eigenvalue weighted by Crippen LogP contribution is -2.30. The summed E-state index contributed by atoms with van der Waals surface area (Å²) in [5, 5.41) is 5.69. The zero-order chi connectivity index (χ0) is 21.9. The van der Waals surface area contributed by atoms with Gasteiger partial charge in [0.25, 0.3) is 5.91 Å². The third-order valence-electron chi connectivity index (χ3n) is 3.77. The second-order valence-corrected chi connectivity index (χ2v) is 6.43. The highest BCUT2D eigenvalue weighted by atomic mass is 35.5. The van der Waals surface area contributed by atoms with Crippen LogP contribution in [0, 0.1) is 5.82 Å². The van der Waals surface area contributed by atoms with Crippen molar-refractivity contribution in [2.75, 3.05) is 18.5 Å². The van der Waals surface area contributed by atoms with Gasteiger partial charge in [0.2, 0.25) is 5.95 Å². The summed E-state index contributed by atoms with van der Waals surface area (Å²) in [4.78, 5) is 20.4. The van der Waals surface area contributed by atoms with E-state index in [0.29, 0.717) is 30.3 Å². The van der Waals surface area contributed by atoms with Crippen molar-refractivity contribution < 1.29 is 13.9 Å². The quantitative estimate of drug-likeness (QED) is 0.514. The average Bonchev–Trinajstić information content (AvgIpc) is 2.73. The normalized spacial score (nSPS) is 10.8. The smallest absolute Gasteiger partial charge is 0.257 e. The Morgan fingerprint density at radius 3 is 2.80 bits per heavy atom. The number of aromatic nitrogens is 2. The third kappa shape index (κ3) is 7.18. The van der Waals surface area contributed by atoms with Gasteiger partial charge in [0, 0.05) is 30.9 Å². The number of allylic oxidation sites excluding steroid dienone is 4. The molecule has 0 fully saturated rings. The van der Waals surface area contributed by atoms with Crippen LogP contribution in [-0.2, 0) is 4.79 Å². The van der Waals surface area contributed by atoms with Crippen LogP contribution in [0.15, 0.2) is 74.1 Å². The Labute approximate surface area is 179 Å². The van der Waals surface area contributed by atoms with E-state index in [1.807, 2.05) is 0 Å². The Morgan fingerprint density at radius 2 is 2.10 bits per heavy atom. The number of benzene rings is 1. The Balaban J connectivity index is 1.77. The second kappa shape index (κ2) is 11.5. The highest BCUT2D eigenvalue weighted by molar-refractivity contribution is 6.30. The molecule has 0 spiro atoms. The van der Waals surface area contributed by atoms with Gasteiger partial charge in [0.15, 0.2) is 6.61 Å². The first-order chi connectivity index (χ1) is 14.4. The van der Waals surface area contributed by atoms with Crippen molar-refractivity contribution in [2.24, 2.45) is 0 Å². The summed E-state index contributed by atoms with van der Waals surface area (Å²) in [6, 6.07) is 5.73. The number of halogens is 2. The van der Waals surface area contributed by atoms with Crippen LogP contribution in [0.3, 0.4) is 0 Å². The number of carbonyl (C=O) groups is 1. The number of ether oxygens (including phenoxy) is 1. The molecule has 1 aromatic carbocycles. The van der Waals surface area contributed by atoms with Crippen LogP contribution in [0.5, 0.6) is 5.75 Å². The van der Waals surface area contributed by atoms with Gasteiger partial charge in [-0.25, -0.2) is 14.4 Å². The molecule has 8 heteroatoms. The molecule has 1 heterocycles. The van der Waals surface area contributed by atoms with E-state index in [4.69, 9.17) is 16.3 Å². The lowest BCUT2D eigenvalue weighted by Gasteiger charge is -2.11. The molecule has 0 saturated carbocycles. The van der Waals surface area contributed by atoms with Crippen LogP contribution in [-0.4, -0.2) is 29.0 Å². The van der Waals surface area contributed by atoms with Crippen LogP contribution in [0.2, 0.25) is 5.02 Å². The van der Waals surface area contributed by atoms with Gasteiger partial charge in [0.05, 0.1) is 10.7 Å². The van der Waals surface area contributed by atoms with Crippen molar-refractivity contribution in [3.8, 4) is 5.75 Å². The summed E-state index contributed by atoms with van der Waals surface area (Å²) in [6.07, 6.45) is 7.20. The van der Waals surface area contributed by atoms with Crippen molar-refractivity contribution in [1.82, 2.24) is 15.3 Å². The van der Waals surface area contributed by atoms with E-state index < -0.39 is 5.82 Å². The van der Waals surface area contributed by atoms with Gasteiger partial charge < -0.3 is 15.4 Å². The van der Waals surface area contributed by atoms with E-state index in [0.717, 1.165) is 11.6 Å². The predicted molar refractivity (Wildman–Crippen MR) is 118 cm³/mol. The van der Waals surface area contributed by atoms with E-state index in [1.165, 1.54) is 12.1 Å². The van der Waals surface area contributed by atoms with E-state index in [2.05, 4.69) is 40.3 Å². The van der Waals surface area contributed by atoms with E-state index in [9.17, 15) is 9.18 Å². The van der Waals surface area contributed by atoms with Crippen molar-refractivity contribution in [3.63, 3.8) is 0 Å². The molecule has 0 unspecified atom stereocenters. The topological polar surface area (TPSA) is 76.1 Å². The minimum atomic E-state index is -0.608. The minimum absolute atomic E-state index is 0.00947. The van der Waals surface area contributed by atoms with Gasteiger partial charge in [-0.3, -0.25) is 4.79 Å². The molecule has 156 valence electrons. The predicted octanol–water partition coefficient (Wildman–Crippen LogP) is 4.54. The maximum Gasteiger partial charge on any atom is 0.257 e. The number of nitrogens with one attached hydrogen (secondary N) is 2. The minimum Gasteiger partial charge on any atom is -0.484 e. The standard InChI is InChI=1S/C22H22ClFN4O2/c1-4-6-16(5-2)20-10-12-26-22(28-20)27-15(3)9-11-25-21(29)14-30-17-7-8-18(23)19(24)13-17/h4-8,10,12-13H,1-3,9,11,14H2,(H,25,29)(H,26,27,28)/b16-6+. The molecule has 6 nitrogen and oxygen atoms in total. The van der Waals surface area contributed by atoms with Gasteiger partial charge in [-0.2, -0.15) is 0 Å². The Kier molecular flexibility index (Phi) is 8.77. The first kappa shape index (κ1) is 22.8. The second-order valence-electron chi connectivity index (χ2n) is 6.02. The maximum atomic E-state index is 13.4. The fourth-order valence-electron chi connectivity index (χ4n) is 2.30. The molecule has 30 heavy (non-hydrogen) atoms. The summed E-state index contributed by atoms with van der Waals surface area (Å²) in [6.45, 7) is 11.4. The van der Waals surface area contributed by atoms with Crippen molar-refractivity contribution in [3.05, 3.63) is 90.7 Å². The van der Waals surface area contributed by atoms with Crippen LogP contribution in [0.4, 0.5) is 10.3 Å². The van der Waals surface area contributed by atoms with Crippen LogP contribution < -0.4 is 15.4 Å². The number of amides is 1. The first-order valence-corrected chi connectivity index (χ1v) is 9.38. The summed E-state index contributed by atoms with van der Waals surface area (Å²) in [5.41, 5.74) is 2.13. The fourth-order valence-corrected chi connectivity index (χ4v) is 2.42. The molecule has 1 aromatic heterocycles. The van der Waals surface area contributed by atoms with E-state index in [-0.39, 0.29) is 23.3 Å². The molecule has 0 radical (unpaired) electrons. The van der Waals surface area contributed by atoms with Gasteiger partial charge >= 0.3 is 0 Å². The van der Waals surface area contributed by atoms with Gasteiger partial charge in [-0.1, -0.05) is 49.6 Å². The van der Waals surface area contributed by atoms with Crippen molar-refractivity contribution in [1.29, 1.82) is 0 Å². The van der Waals surface area contributed by atoms with E-state index in [1.54, 1.807) is 30.5 Å². The Morgan fingerprint density at radius 1 is 1.30 bits per heavy atom. The highest BCUT2D eigenvalue weighted by Gasteiger charge is 2.07. The van der Waals surface area contributed by atoms with Crippen LogP contribution >= 0.6 is 11.6 Å². The van der Waals surface area contributed by atoms with E-state index >= 15 is 0 Å². The number of hydrogen-bond acceptors (Lipinski definition) is 5. The number of rotatable bonds is 11. The highest BCUT2D eigenvalue weighted by Crippen LogP contribution is 2.20. The number of anilines is 1. The first-order valence-electron chi connectivity index (χ1n) is 9.01. The fraction of sp³-hybridized carbons (Fsp3) is 0.136. The number of carbonyl (C=O) groups excluding carboxylic acids is 1. The molecule has 0 atom stereocenters. The number of nitrogens with zero attached hydrogens (tertiary/aromatic N) is 2. The van der Waals surface area contributed by atoms with Crippen molar-refractivity contribution >= 4 is 29.0 Å². The zero-order valence-corrected chi connectivity index (χ0v) is 17.1. The molecule has 2 aromatic rings. The summed E-state index contributed by atoms with van der Waals surface area (Å²) < 4.78 is 18.6. The van der Waals surface area contributed by atoms with Crippen molar-refractivity contribution in [2.45, 2.75) is 6.42 Å². The van der Waals surface area contributed by atoms with Gasteiger partial charge in [0.1, 0.15) is 11.6 Å². The largest absolute Gasteiger partial charge is 0.484 e. The molecule has 0 aliphatic heterocycles. The Hall–Kier alpha value is -3.45. The molecule has 2 N–H and O–H groups in total. The zero-order valence-electron chi connectivity index (χ0n) is 16.3. The molecule has 0 saturated heterocycles. The van der Waals surface area contributed by atoms with Crippen LogP contribution in [0.25, 0.3) is 5.57 Å². The molecular formula is C22H22ClFN4O2. The summed E-state index contributed by atoms with van der Waals surface area (Å²) in [7, 11) is 0. The number of hydrogen-bond donors (Lipinski definition) is 2. The summed E-state index contributed by atoms with van der Waals surface area (Å²) >= 11 is 5.60. The lowest BCUT2D eigenvalue weighted by molar-refractivity contribution is -0.123. The molecule has 0 aliphatic carbocycles.